The molecule has 0 unspecified atom stereocenters. The van der Waals surface area contributed by atoms with Gasteiger partial charge in [0, 0.05) is 18.1 Å². The predicted molar refractivity (Wildman–Crippen MR) is 87.7 cm³/mol. The molecule has 1 aliphatic carbocycles. The van der Waals surface area contributed by atoms with Crippen molar-refractivity contribution in [2.75, 3.05) is 7.11 Å². The molecular formula is C18H17NO5. The molecule has 0 heterocycles. The van der Waals surface area contributed by atoms with Gasteiger partial charge in [-0.25, -0.2) is 0 Å². The molecule has 24 heavy (non-hydrogen) atoms. The number of hydrogen-bond donors (Lipinski definition) is 0. The van der Waals surface area contributed by atoms with E-state index in [0.29, 0.717) is 17.7 Å². The van der Waals surface area contributed by atoms with E-state index in [2.05, 4.69) is 0 Å². The lowest BCUT2D eigenvalue weighted by atomic mass is 9.90. The van der Waals surface area contributed by atoms with E-state index in [-0.39, 0.29) is 23.8 Å². The van der Waals surface area contributed by atoms with E-state index >= 15 is 0 Å². The summed E-state index contributed by atoms with van der Waals surface area (Å²) in [7, 11) is 1.40. The Bertz CT molecular complexity index is 800. The molecular weight excluding hydrogens is 310 g/mol. The number of nitro groups is 1. The van der Waals surface area contributed by atoms with Crippen LogP contribution in [-0.2, 0) is 13.0 Å². The number of benzene rings is 2. The van der Waals surface area contributed by atoms with Crippen molar-refractivity contribution in [2.45, 2.75) is 25.9 Å². The van der Waals surface area contributed by atoms with Crippen LogP contribution in [0.15, 0.2) is 36.4 Å². The van der Waals surface area contributed by atoms with Gasteiger partial charge in [-0.05, 0) is 48.2 Å². The van der Waals surface area contributed by atoms with Crippen molar-refractivity contribution in [3.63, 3.8) is 0 Å². The number of hydrogen-bond acceptors (Lipinski definition) is 5. The lowest BCUT2D eigenvalue weighted by Crippen LogP contribution is -2.10. The van der Waals surface area contributed by atoms with Crippen LogP contribution in [0.3, 0.4) is 0 Å². The molecule has 0 atom stereocenters. The molecule has 2 aromatic rings. The number of carbonyl (C=O) groups excluding carboxylic acids is 1. The van der Waals surface area contributed by atoms with Gasteiger partial charge < -0.3 is 9.47 Å². The number of methoxy groups -OCH3 is 1. The highest BCUT2D eigenvalue weighted by atomic mass is 16.6. The van der Waals surface area contributed by atoms with Crippen LogP contribution in [0, 0.1) is 10.1 Å². The zero-order chi connectivity index (χ0) is 17.1. The smallest absolute Gasteiger partial charge is 0.311 e. The Hall–Kier alpha value is -2.89. The predicted octanol–water partition coefficient (Wildman–Crippen LogP) is 3.70. The molecule has 6 heteroatoms. The van der Waals surface area contributed by atoms with Gasteiger partial charge in [-0.2, -0.15) is 0 Å². The number of carbonyl (C=O) groups is 1. The average molecular weight is 327 g/mol. The molecule has 0 aromatic heterocycles. The second-order valence-electron chi connectivity index (χ2n) is 5.65. The first-order chi connectivity index (χ1) is 11.6. The summed E-state index contributed by atoms with van der Waals surface area (Å²) in [4.78, 5) is 22.4. The Morgan fingerprint density at radius 1 is 1.17 bits per heavy atom. The van der Waals surface area contributed by atoms with Crippen molar-refractivity contribution in [3.05, 3.63) is 63.2 Å². The number of ketones is 1. The largest absolute Gasteiger partial charge is 0.490 e. The van der Waals surface area contributed by atoms with Crippen LogP contribution in [-0.4, -0.2) is 17.8 Å². The monoisotopic (exact) mass is 327 g/mol. The second-order valence-corrected chi connectivity index (χ2v) is 5.65. The summed E-state index contributed by atoms with van der Waals surface area (Å²) in [6, 6.07) is 10.2. The molecule has 124 valence electrons. The molecule has 0 saturated carbocycles. The van der Waals surface area contributed by atoms with Gasteiger partial charge in [0.2, 0.25) is 0 Å². The standard InChI is InChI=1S/C18H17NO5/c1-23-18-8-5-12(9-16(18)19(21)22)11-24-14-6-7-15-13(10-14)3-2-4-17(15)20/h5-10H,2-4,11H2,1H3. The SMILES string of the molecule is COc1ccc(COc2ccc3c(c2)CCCC3=O)cc1[N+](=O)[O-]. The van der Waals surface area contributed by atoms with E-state index in [4.69, 9.17) is 9.47 Å². The molecule has 0 amide bonds. The molecule has 0 radical (unpaired) electrons. The fraction of sp³-hybridized carbons (Fsp3) is 0.278. The normalized spacial score (nSPS) is 13.3. The van der Waals surface area contributed by atoms with Crippen molar-refractivity contribution >= 4 is 11.5 Å². The summed E-state index contributed by atoms with van der Waals surface area (Å²) in [6.45, 7) is 0.206. The summed E-state index contributed by atoms with van der Waals surface area (Å²) in [5.74, 6) is 1.05. The van der Waals surface area contributed by atoms with Gasteiger partial charge in [-0.3, -0.25) is 14.9 Å². The van der Waals surface area contributed by atoms with Crippen LogP contribution in [0.4, 0.5) is 5.69 Å². The Labute approximate surface area is 139 Å². The Morgan fingerprint density at radius 3 is 2.75 bits per heavy atom. The van der Waals surface area contributed by atoms with Crippen molar-refractivity contribution < 1.29 is 19.2 Å². The third-order valence-electron chi connectivity index (χ3n) is 4.07. The van der Waals surface area contributed by atoms with E-state index in [1.807, 2.05) is 6.07 Å². The van der Waals surface area contributed by atoms with E-state index in [1.54, 1.807) is 24.3 Å². The quantitative estimate of drug-likeness (QED) is 0.618. The maximum absolute atomic E-state index is 11.8. The van der Waals surface area contributed by atoms with Gasteiger partial charge >= 0.3 is 5.69 Å². The summed E-state index contributed by atoms with van der Waals surface area (Å²) in [5, 5.41) is 11.1. The molecule has 0 bridgehead atoms. The lowest BCUT2D eigenvalue weighted by Gasteiger charge is -2.16. The molecule has 0 saturated heterocycles. The number of aryl methyl sites for hydroxylation is 1. The number of nitrogens with zero attached hydrogens (tertiary/aromatic N) is 1. The van der Waals surface area contributed by atoms with Crippen molar-refractivity contribution in [2.24, 2.45) is 0 Å². The topological polar surface area (TPSA) is 78.7 Å². The molecule has 2 aromatic carbocycles. The first-order valence-corrected chi connectivity index (χ1v) is 7.68. The van der Waals surface area contributed by atoms with E-state index in [0.717, 1.165) is 24.0 Å². The summed E-state index contributed by atoms with van der Waals surface area (Å²) < 4.78 is 10.7. The average Bonchev–Trinajstić information content (AvgIpc) is 2.59. The van der Waals surface area contributed by atoms with Crippen LogP contribution < -0.4 is 9.47 Å². The Balaban J connectivity index is 1.75. The van der Waals surface area contributed by atoms with Gasteiger partial charge in [0.25, 0.3) is 0 Å². The highest BCUT2D eigenvalue weighted by Crippen LogP contribution is 2.29. The number of fused-ring (bicyclic) bond motifs is 1. The van der Waals surface area contributed by atoms with Gasteiger partial charge in [-0.1, -0.05) is 6.07 Å². The highest BCUT2D eigenvalue weighted by Gasteiger charge is 2.18. The number of ether oxygens (including phenoxy) is 2. The van der Waals surface area contributed by atoms with E-state index in [1.165, 1.54) is 13.2 Å². The van der Waals surface area contributed by atoms with Crippen molar-refractivity contribution in [3.8, 4) is 11.5 Å². The van der Waals surface area contributed by atoms with Crippen LogP contribution in [0.5, 0.6) is 11.5 Å². The number of Topliss-reactive ketones (excluding diaryl/α,β-unsaturated/α-hetero) is 1. The van der Waals surface area contributed by atoms with Crippen molar-refractivity contribution in [1.29, 1.82) is 0 Å². The molecule has 0 spiro atoms. The first-order valence-electron chi connectivity index (χ1n) is 7.68. The molecule has 0 fully saturated rings. The van der Waals surface area contributed by atoms with E-state index < -0.39 is 4.92 Å². The minimum Gasteiger partial charge on any atom is -0.490 e. The third-order valence-corrected chi connectivity index (χ3v) is 4.07. The zero-order valence-electron chi connectivity index (χ0n) is 13.3. The number of rotatable bonds is 5. The minimum atomic E-state index is -0.479. The van der Waals surface area contributed by atoms with Crippen LogP contribution in [0.1, 0.15) is 34.3 Å². The Kier molecular flexibility index (Phi) is 4.46. The molecule has 0 N–H and O–H groups in total. The third kappa shape index (κ3) is 3.22. The number of nitro benzene ring substituents is 1. The van der Waals surface area contributed by atoms with Crippen LogP contribution >= 0.6 is 0 Å². The minimum absolute atomic E-state index is 0.0883. The first kappa shape index (κ1) is 16.0. The highest BCUT2D eigenvalue weighted by molar-refractivity contribution is 5.98. The van der Waals surface area contributed by atoms with Crippen molar-refractivity contribution in [1.82, 2.24) is 0 Å². The van der Waals surface area contributed by atoms with Crippen LogP contribution in [0.25, 0.3) is 0 Å². The van der Waals surface area contributed by atoms with E-state index in [9.17, 15) is 14.9 Å². The summed E-state index contributed by atoms with van der Waals surface area (Å²) in [6.07, 6.45) is 2.33. The van der Waals surface area contributed by atoms with Gasteiger partial charge in [0.15, 0.2) is 11.5 Å². The maximum atomic E-state index is 11.8. The maximum Gasteiger partial charge on any atom is 0.311 e. The fourth-order valence-corrected chi connectivity index (χ4v) is 2.85. The molecule has 3 rings (SSSR count). The molecule has 6 nitrogen and oxygen atoms in total. The summed E-state index contributed by atoms with van der Waals surface area (Å²) in [5.41, 5.74) is 2.36. The lowest BCUT2D eigenvalue weighted by molar-refractivity contribution is -0.385. The molecule has 1 aliphatic rings. The van der Waals surface area contributed by atoms with Gasteiger partial charge in [-0.15, -0.1) is 0 Å². The van der Waals surface area contributed by atoms with Gasteiger partial charge in [0.05, 0.1) is 12.0 Å². The second kappa shape index (κ2) is 6.70. The zero-order valence-corrected chi connectivity index (χ0v) is 13.3. The Morgan fingerprint density at radius 2 is 2.00 bits per heavy atom. The fourth-order valence-electron chi connectivity index (χ4n) is 2.85. The summed E-state index contributed by atoms with van der Waals surface area (Å²) >= 11 is 0. The molecule has 0 aliphatic heterocycles. The van der Waals surface area contributed by atoms with Crippen LogP contribution in [0.2, 0.25) is 0 Å². The van der Waals surface area contributed by atoms with Gasteiger partial charge in [0.1, 0.15) is 12.4 Å².